The van der Waals surface area contributed by atoms with E-state index in [1.54, 1.807) is 29.7 Å². The van der Waals surface area contributed by atoms with Gasteiger partial charge in [0.05, 0.1) is 6.04 Å². The Hall–Kier alpha value is -2.96. The molecule has 178 valence electrons. The summed E-state index contributed by atoms with van der Waals surface area (Å²) in [5, 5.41) is 2.86. The number of nitrogens with one attached hydrogen (secondary N) is 1. The van der Waals surface area contributed by atoms with Crippen LogP contribution in [0.5, 0.6) is 0 Å². The van der Waals surface area contributed by atoms with Crippen molar-refractivity contribution in [3.8, 4) is 0 Å². The molecule has 1 N–H and O–H groups in total. The number of hydrogen-bond donors (Lipinski definition) is 1. The molecule has 1 fully saturated rings. The third-order valence-corrected chi connectivity index (χ3v) is 5.84. The van der Waals surface area contributed by atoms with Crippen LogP contribution in [0.3, 0.4) is 0 Å². The number of likely N-dealkylation sites (tertiary alicyclic amines) is 1. The maximum absolute atomic E-state index is 13.7. The van der Waals surface area contributed by atoms with Gasteiger partial charge in [0.1, 0.15) is 11.1 Å². The van der Waals surface area contributed by atoms with Crippen molar-refractivity contribution >= 4 is 11.8 Å². The van der Waals surface area contributed by atoms with E-state index in [1.807, 2.05) is 37.5 Å². The molecule has 3 heterocycles. The molecule has 0 aromatic carbocycles. The summed E-state index contributed by atoms with van der Waals surface area (Å²) in [6, 6.07) is 3.70. The van der Waals surface area contributed by atoms with Crippen molar-refractivity contribution < 1.29 is 9.59 Å². The van der Waals surface area contributed by atoms with Crippen LogP contribution in [-0.2, 0) is 6.54 Å². The third-order valence-electron chi connectivity index (χ3n) is 5.84. The minimum absolute atomic E-state index is 0.00877. The first kappa shape index (κ1) is 24.7. The first-order chi connectivity index (χ1) is 15.6. The van der Waals surface area contributed by atoms with Crippen LogP contribution in [0.15, 0.2) is 41.7 Å². The number of rotatable bonds is 6. The molecule has 0 spiro atoms. The van der Waals surface area contributed by atoms with E-state index >= 15 is 0 Å². The molecule has 1 atom stereocenters. The largest absolute Gasteiger partial charge is 0.352 e. The molecule has 2 amide bonds. The molecule has 0 unspecified atom stereocenters. The molecule has 1 saturated heterocycles. The number of amides is 2. The molecule has 2 aromatic rings. The van der Waals surface area contributed by atoms with Gasteiger partial charge in [0.15, 0.2) is 0 Å². The normalized spacial score (nSPS) is 16.7. The van der Waals surface area contributed by atoms with Gasteiger partial charge in [-0.3, -0.25) is 19.4 Å². The molecular formula is C26H36N4O3. The highest BCUT2D eigenvalue weighted by atomic mass is 16.2. The Labute approximate surface area is 196 Å². The van der Waals surface area contributed by atoms with Gasteiger partial charge in [-0.15, -0.1) is 0 Å². The SMILES string of the molecule is CC(C)CCn1cc(C(=O)NC(C)(C)C)c(=O)c(C(=O)N2CCCC[C@H]2c2cccnc2)c1. The van der Waals surface area contributed by atoms with Crippen LogP contribution in [-0.4, -0.2) is 38.3 Å². The predicted octanol–water partition coefficient (Wildman–Crippen LogP) is 4.19. The van der Waals surface area contributed by atoms with Gasteiger partial charge in [-0.1, -0.05) is 19.9 Å². The number of aromatic nitrogens is 2. The molecule has 0 saturated carbocycles. The lowest BCUT2D eigenvalue weighted by Gasteiger charge is -2.36. The summed E-state index contributed by atoms with van der Waals surface area (Å²) in [7, 11) is 0. The van der Waals surface area contributed by atoms with Gasteiger partial charge < -0.3 is 14.8 Å². The van der Waals surface area contributed by atoms with Crippen LogP contribution in [0.2, 0.25) is 0 Å². The van der Waals surface area contributed by atoms with Crippen molar-refractivity contribution in [1.82, 2.24) is 19.8 Å². The molecule has 0 aliphatic carbocycles. The lowest BCUT2D eigenvalue weighted by Crippen LogP contribution is -2.45. The van der Waals surface area contributed by atoms with Gasteiger partial charge in [0.2, 0.25) is 5.43 Å². The van der Waals surface area contributed by atoms with Crippen molar-refractivity contribution in [3.63, 3.8) is 0 Å². The Bertz CT molecular complexity index is 1040. The zero-order chi connectivity index (χ0) is 24.2. The average molecular weight is 453 g/mol. The highest BCUT2D eigenvalue weighted by Crippen LogP contribution is 2.31. The van der Waals surface area contributed by atoms with E-state index in [2.05, 4.69) is 24.1 Å². The van der Waals surface area contributed by atoms with Crippen molar-refractivity contribution in [2.75, 3.05) is 6.54 Å². The minimum Gasteiger partial charge on any atom is -0.352 e. The first-order valence-electron chi connectivity index (χ1n) is 11.8. The van der Waals surface area contributed by atoms with Crippen LogP contribution >= 0.6 is 0 Å². The summed E-state index contributed by atoms with van der Waals surface area (Å²) in [6.07, 6.45) is 10.3. The quantitative estimate of drug-likeness (QED) is 0.712. The maximum Gasteiger partial charge on any atom is 0.259 e. The van der Waals surface area contributed by atoms with Gasteiger partial charge in [0, 0.05) is 43.4 Å². The van der Waals surface area contributed by atoms with Crippen molar-refractivity contribution in [1.29, 1.82) is 0 Å². The standard InChI is InChI=1S/C26H36N4O3/c1-18(2)11-14-29-16-20(24(32)28-26(3,4)5)23(31)21(17-29)25(33)30-13-7-6-10-22(30)19-9-8-12-27-15-19/h8-9,12,15-18,22H,6-7,10-11,13-14H2,1-5H3,(H,28,32)/t22-/m0/s1. The molecular weight excluding hydrogens is 416 g/mol. The fraction of sp³-hybridized carbons (Fsp3) is 0.538. The topological polar surface area (TPSA) is 84.3 Å². The smallest absolute Gasteiger partial charge is 0.259 e. The molecule has 0 radical (unpaired) electrons. The minimum atomic E-state index is -0.516. The van der Waals surface area contributed by atoms with Gasteiger partial charge >= 0.3 is 0 Å². The zero-order valence-corrected chi connectivity index (χ0v) is 20.4. The molecule has 0 bridgehead atoms. The summed E-state index contributed by atoms with van der Waals surface area (Å²) in [5.41, 5.74) is 0.0147. The van der Waals surface area contributed by atoms with Gasteiger partial charge in [-0.05, 0) is 64.0 Å². The molecule has 33 heavy (non-hydrogen) atoms. The zero-order valence-electron chi connectivity index (χ0n) is 20.4. The monoisotopic (exact) mass is 452 g/mol. The number of nitrogens with zero attached hydrogens (tertiary/aromatic N) is 3. The van der Waals surface area contributed by atoms with Crippen molar-refractivity contribution in [3.05, 3.63) is 63.8 Å². The molecule has 7 nitrogen and oxygen atoms in total. The average Bonchev–Trinajstić information content (AvgIpc) is 2.77. The molecule has 7 heteroatoms. The van der Waals surface area contributed by atoms with Crippen LogP contribution in [0, 0.1) is 5.92 Å². The van der Waals surface area contributed by atoms with E-state index in [-0.39, 0.29) is 23.1 Å². The lowest BCUT2D eigenvalue weighted by molar-refractivity contribution is 0.0609. The second-order valence-corrected chi connectivity index (χ2v) is 10.3. The highest BCUT2D eigenvalue weighted by Gasteiger charge is 2.31. The number of pyridine rings is 2. The summed E-state index contributed by atoms with van der Waals surface area (Å²) in [6.45, 7) is 11.0. The number of carbonyl (C=O) groups excluding carboxylic acids is 2. The summed E-state index contributed by atoms with van der Waals surface area (Å²) < 4.78 is 1.81. The van der Waals surface area contributed by atoms with Crippen LogP contribution < -0.4 is 10.7 Å². The van der Waals surface area contributed by atoms with Gasteiger partial charge in [-0.2, -0.15) is 0 Å². The van der Waals surface area contributed by atoms with Crippen LogP contribution in [0.4, 0.5) is 0 Å². The Morgan fingerprint density at radius 1 is 1.18 bits per heavy atom. The fourth-order valence-corrected chi connectivity index (χ4v) is 4.14. The van der Waals surface area contributed by atoms with E-state index < -0.39 is 16.9 Å². The van der Waals surface area contributed by atoms with E-state index in [0.29, 0.717) is 19.0 Å². The highest BCUT2D eigenvalue weighted by molar-refractivity contribution is 5.99. The Morgan fingerprint density at radius 2 is 1.91 bits per heavy atom. The van der Waals surface area contributed by atoms with E-state index in [1.165, 1.54) is 0 Å². The lowest BCUT2D eigenvalue weighted by atomic mass is 9.95. The Balaban J connectivity index is 2.02. The number of aryl methyl sites for hydroxylation is 1. The van der Waals surface area contributed by atoms with Gasteiger partial charge in [0.25, 0.3) is 11.8 Å². The van der Waals surface area contributed by atoms with E-state index in [9.17, 15) is 14.4 Å². The summed E-state index contributed by atoms with van der Waals surface area (Å²) >= 11 is 0. The van der Waals surface area contributed by atoms with Crippen molar-refractivity contribution in [2.24, 2.45) is 5.92 Å². The number of piperidine rings is 1. The van der Waals surface area contributed by atoms with E-state index in [4.69, 9.17) is 0 Å². The number of carbonyl (C=O) groups is 2. The second-order valence-electron chi connectivity index (χ2n) is 10.3. The summed E-state index contributed by atoms with van der Waals surface area (Å²) in [5.74, 6) is -0.326. The number of hydrogen-bond acceptors (Lipinski definition) is 4. The predicted molar refractivity (Wildman–Crippen MR) is 129 cm³/mol. The van der Waals surface area contributed by atoms with Gasteiger partial charge in [-0.25, -0.2) is 0 Å². The van der Waals surface area contributed by atoms with Crippen LogP contribution in [0.25, 0.3) is 0 Å². The summed E-state index contributed by atoms with van der Waals surface area (Å²) in [4.78, 5) is 46.0. The Kier molecular flexibility index (Phi) is 7.72. The molecule has 1 aliphatic heterocycles. The van der Waals surface area contributed by atoms with Crippen molar-refractivity contribution in [2.45, 2.75) is 78.4 Å². The maximum atomic E-state index is 13.7. The first-order valence-corrected chi connectivity index (χ1v) is 11.8. The Morgan fingerprint density at radius 3 is 2.55 bits per heavy atom. The van der Waals surface area contributed by atoms with E-state index in [0.717, 1.165) is 31.2 Å². The molecule has 1 aliphatic rings. The molecule has 2 aromatic heterocycles. The second kappa shape index (κ2) is 10.3. The fourth-order valence-electron chi connectivity index (χ4n) is 4.14. The molecule has 3 rings (SSSR count). The van der Waals surface area contributed by atoms with Crippen LogP contribution in [0.1, 0.15) is 92.6 Å². The third kappa shape index (κ3) is 6.30.